The van der Waals surface area contributed by atoms with Crippen LogP contribution in [-0.4, -0.2) is 63.1 Å². The largest absolute Gasteiger partial charge is 0.394 e. The predicted octanol–water partition coefficient (Wildman–Crippen LogP) is 2.39. The highest BCUT2D eigenvalue weighted by Gasteiger charge is 1.89. The van der Waals surface area contributed by atoms with Crippen molar-refractivity contribution in [1.29, 1.82) is 0 Å². The van der Waals surface area contributed by atoms with Crippen LogP contribution in [0.4, 0.5) is 0 Å². The van der Waals surface area contributed by atoms with Gasteiger partial charge < -0.3 is 24.4 Å². The second-order valence-electron chi connectivity index (χ2n) is 4.64. The topological polar surface area (TPSA) is 68.2 Å². The molecule has 0 rings (SSSR count). The standard InChI is InChI=1S/C10H22O.C6H14O4/c1-3-5-6-7-8-9-10-11-4-2;7-1-3-9-5-6-10-4-2-8/h3-10H2,1-2H3;7-8H,1-6H2. The average molecular weight is 308 g/mol. The number of rotatable bonds is 15. The Morgan fingerprint density at radius 1 is 0.571 bits per heavy atom. The lowest BCUT2D eigenvalue weighted by Gasteiger charge is -2.01. The normalized spacial score (nSPS) is 10.3. The van der Waals surface area contributed by atoms with Gasteiger partial charge >= 0.3 is 0 Å². The van der Waals surface area contributed by atoms with Crippen LogP contribution >= 0.6 is 0 Å². The van der Waals surface area contributed by atoms with Gasteiger partial charge in [0, 0.05) is 13.2 Å². The number of aliphatic hydroxyl groups excluding tert-OH is 2. The van der Waals surface area contributed by atoms with E-state index in [0.29, 0.717) is 26.4 Å². The predicted molar refractivity (Wildman–Crippen MR) is 85.7 cm³/mol. The first-order valence-corrected chi connectivity index (χ1v) is 8.28. The molecule has 0 aromatic rings. The van der Waals surface area contributed by atoms with E-state index in [4.69, 9.17) is 24.4 Å². The van der Waals surface area contributed by atoms with Gasteiger partial charge in [-0.2, -0.15) is 0 Å². The summed E-state index contributed by atoms with van der Waals surface area (Å²) in [4.78, 5) is 0. The minimum atomic E-state index is 0.0417. The molecule has 21 heavy (non-hydrogen) atoms. The summed E-state index contributed by atoms with van der Waals surface area (Å²) in [6.07, 6.45) is 8.13. The Labute approximate surface area is 130 Å². The molecule has 130 valence electrons. The van der Waals surface area contributed by atoms with E-state index in [2.05, 4.69) is 13.8 Å². The molecule has 0 saturated heterocycles. The number of hydrogen-bond donors (Lipinski definition) is 2. The molecule has 0 saturated carbocycles. The summed E-state index contributed by atoms with van der Waals surface area (Å²) in [5.74, 6) is 0. The minimum Gasteiger partial charge on any atom is -0.394 e. The maximum Gasteiger partial charge on any atom is 0.0701 e. The molecule has 0 aliphatic heterocycles. The van der Waals surface area contributed by atoms with Gasteiger partial charge in [0.1, 0.15) is 0 Å². The number of unbranched alkanes of at least 4 members (excludes halogenated alkanes) is 5. The number of hydrogen-bond acceptors (Lipinski definition) is 5. The molecule has 0 aliphatic rings. The van der Waals surface area contributed by atoms with E-state index in [1.807, 2.05) is 0 Å². The summed E-state index contributed by atoms with van der Waals surface area (Å²) in [5.41, 5.74) is 0. The Morgan fingerprint density at radius 3 is 1.57 bits per heavy atom. The van der Waals surface area contributed by atoms with Crippen molar-refractivity contribution in [2.45, 2.75) is 52.4 Å². The van der Waals surface area contributed by atoms with Gasteiger partial charge in [-0.05, 0) is 13.3 Å². The van der Waals surface area contributed by atoms with Crippen LogP contribution in [0, 0.1) is 0 Å². The van der Waals surface area contributed by atoms with Crippen molar-refractivity contribution in [2.75, 3.05) is 52.9 Å². The fourth-order valence-electron chi connectivity index (χ4n) is 1.58. The highest BCUT2D eigenvalue weighted by Crippen LogP contribution is 2.04. The first-order valence-electron chi connectivity index (χ1n) is 8.28. The third kappa shape index (κ3) is 28.6. The quantitative estimate of drug-likeness (QED) is 0.455. The smallest absolute Gasteiger partial charge is 0.0701 e. The molecule has 5 heteroatoms. The molecule has 0 heterocycles. The first kappa shape index (κ1) is 23.1. The van der Waals surface area contributed by atoms with E-state index in [9.17, 15) is 0 Å². The van der Waals surface area contributed by atoms with Gasteiger partial charge in [-0.1, -0.05) is 39.0 Å². The summed E-state index contributed by atoms with van der Waals surface area (Å²) >= 11 is 0. The minimum absolute atomic E-state index is 0.0417. The SMILES string of the molecule is CCCCCCCCOCC.OCCOCCOCCO. The fraction of sp³-hybridized carbons (Fsp3) is 1.00. The number of aliphatic hydroxyl groups is 2. The molecule has 0 bridgehead atoms. The molecule has 0 unspecified atom stereocenters. The van der Waals surface area contributed by atoms with E-state index >= 15 is 0 Å². The Balaban J connectivity index is 0. The Kier molecular flexibility index (Phi) is 27.2. The van der Waals surface area contributed by atoms with Gasteiger partial charge in [-0.25, -0.2) is 0 Å². The monoisotopic (exact) mass is 308 g/mol. The fourth-order valence-corrected chi connectivity index (χ4v) is 1.58. The van der Waals surface area contributed by atoms with Crippen LogP contribution in [0.15, 0.2) is 0 Å². The zero-order chi connectivity index (χ0) is 16.0. The van der Waals surface area contributed by atoms with Crippen LogP contribution in [0.25, 0.3) is 0 Å². The van der Waals surface area contributed by atoms with Crippen molar-refractivity contribution < 1.29 is 24.4 Å². The van der Waals surface area contributed by atoms with Gasteiger partial charge in [0.05, 0.1) is 39.6 Å². The first-order chi connectivity index (χ1) is 10.3. The van der Waals surface area contributed by atoms with E-state index in [1.165, 1.54) is 38.5 Å². The highest BCUT2D eigenvalue weighted by atomic mass is 16.5. The van der Waals surface area contributed by atoms with E-state index in [-0.39, 0.29) is 13.2 Å². The maximum atomic E-state index is 8.26. The molecule has 5 nitrogen and oxygen atoms in total. The van der Waals surface area contributed by atoms with Crippen molar-refractivity contribution >= 4 is 0 Å². The van der Waals surface area contributed by atoms with Crippen LogP contribution in [0.1, 0.15) is 52.4 Å². The van der Waals surface area contributed by atoms with Crippen molar-refractivity contribution in [2.24, 2.45) is 0 Å². The van der Waals surface area contributed by atoms with Crippen molar-refractivity contribution in [3.8, 4) is 0 Å². The van der Waals surface area contributed by atoms with Gasteiger partial charge in [-0.15, -0.1) is 0 Å². The van der Waals surface area contributed by atoms with Crippen LogP contribution in [0.3, 0.4) is 0 Å². The van der Waals surface area contributed by atoms with E-state index in [0.717, 1.165) is 13.2 Å². The Morgan fingerprint density at radius 2 is 1.10 bits per heavy atom. The number of ether oxygens (including phenoxy) is 3. The third-order valence-electron chi connectivity index (χ3n) is 2.69. The highest BCUT2D eigenvalue weighted by molar-refractivity contribution is 4.42. The van der Waals surface area contributed by atoms with E-state index in [1.54, 1.807) is 0 Å². The van der Waals surface area contributed by atoms with Gasteiger partial charge in [0.25, 0.3) is 0 Å². The molecule has 0 fully saturated rings. The van der Waals surface area contributed by atoms with Crippen LogP contribution < -0.4 is 0 Å². The Hall–Kier alpha value is -0.200. The third-order valence-corrected chi connectivity index (χ3v) is 2.69. The average Bonchev–Trinajstić information content (AvgIpc) is 2.51. The van der Waals surface area contributed by atoms with Crippen molar-refractivity contribution in [3.05, 3.63) is 0 Å². The van der Waals surface area contributed by atoms with E-state index < -0.39 is 0 Å². The summed E-state index contributed by atoms with van der Waals surface area (Å²) in [5, 5.41) is 16.5. The molecular weight excluding hydrogens is 272 g/mol. The lowest BCUT2D eigenvalue weighted by atomic mass is 10.1. The lowest BCUT2D eigenvalue weighted by Crippen LogP contribution is -2.09. The van der Waals surface area contributed by atoms with Gasteiger partial charge in [0.15, 0.2) is 0 Å². The van der Waals surface area contributed by atoms with Crippen LogP contribution in [0.5, 0.6) is 0 Å². The van der Waals surface area contributed by atoms with Gasteiger partial charge in [0.2, 0.25) is 0 Å². The summed E-state index contributed by atoms with van der Waals surface area (Å²) in [6, 6.07) is 0. The second-order valence-corrected chi connectivity index (χ2v) is 4.64. The molecule has 0 aromatic heterocycles. The summed E-state index contributed by atoms with van der Waals surface area (Å²) in [7, 11) is 0. The molecule has 2 N–H and O–H groups in total. The van der Waals surface area contributed by atoms with Crippen LogP contribution in [0.2, 0.25) is 0 Å². The molecule has 0 amide bonds. The molecule has 0 aliphatic carbocycles. The summed E-state index contributed by atoms with van der Waals surface area (Å²) in [6.45, 7) is 7.86. The molecule has 0 spiro atoms. The zero-order valence-corrected chi connectivity index (χ0v) is 14.0. The van der Waals surface area contributed by atoms with Crippen molar-refractivity contribution in [1.82, 2.24) is 0 Å². The molecule has 0 radical (unpaired) electrons. The van der Waals surface area contributed by atoms with Gasteiger partial charge in [-0.3, -0.25) is 0 Å². The van der Waals surface area contributed by atoms with Crippen LogP contribution in [-0.2, 0) is 14.2 Å². The Bertz CT molecular complexity index is 140. The maximum absolute atomic E-state index is 8.26. The molecule has 0 atom stereocenters. The molecular formula is C16H36O5. The zero-order valence-electron chi connectivity index (χ0n) is 14.0. The molecule has 0 aromatic carbocycles. The second kappa shape index (κ2) is 24.8. The lowest BCUT2D eigenvalue weighted by molar-refractivity contribution is 0.0222. The van der Waals surface area contributed by atoms with Crippen molar-refractivity contribution in [3.63, 3.8) is 0 Å². The summed E-state index contributed by atoms with van der Waals surface area (Å²) < 4.78 is 15.0.